The van der Waals surface area contributed by atoms with Crippen LogP contribution in [0.15, 0.2) is 66.2 Å². The molecule has 0 aliphatic rings. The van der Waals surface area contributed by atoms with E-state index in [9.17, 15) is 4.79 Å². The summed E-state index contributed by atoms with van der Waals surface area (Å²) in [5.41, 5.74) is 3.46. The molecule has 0 aliphatic carbocycles. The van der Waals surface area contributed by atoms with E-state index in [1.807, 2.05) is 41.3 Å². The lowest BCUT2D eigenvalue weighted by molar-refractivity contribution is 0.199. The van der Waals surface area contributed by atoms with Gasteiger partial charge in [-0.1, -0.05) is 85.7 Å². The fraction of sp³-hybridized carbons (Fsp3) is 0.318. The molecule has 0 aromatic heterocycles. The van der Waals surface area contributed by atoms with Crippen molar-refractivity contribution in [2.24, 2.45) is 0 Å². The molecule has 0 spiro atoms. The van der Waals surface area contributed by atoms with Crippen LogP contribution < -0.4 is 5.32 Å². The Morgan fingerprint density at radius 1 is 1.04 bits per heavy atom. The van der Waals surface area contributed by atoms with Crippen molar-refractivity contribution in [3.8, 4) is 0 Å². The van der Waals surface area contributed by atoms with Gasteiger partial charge in [-0.3, -0.25) is 0 Å². The zero-order chi connectivity index (χ0) is 17.9. The monoisotopic (exact) mass is 336 g/mol. The first kappa shape index (κ1) is 18.8. The van der Waals surface area contributed by atoms with Gasteiger partial charge in [0.05, 0.1) is 0 Å². The number of nitrogens with zero attached hydrogens (tertiary/aromatic N) is 1. The van der Waals surface area contributed by atoms with E-state index >= 15 is 0 Å². The quantitative estimate of drug-likeness (QED) is 0.668. The molecule has 0 bridgehead atoms. The van der Waals surface area contributed by atoms with Crippen LogP contribution in [0.5, 0.6) is 0 Å². The fourth-order valence-corrected chi connectivity index (χ4v) is 2.67. The third kappa shape index (κ3) is 6.84. The first-order valence-electron chi connectivity index (χ1n) is 8.98. The molecule has 2 aromatic rings. The number of hydrogen-bond acceptors (Lipinski definition) is 1. The van der Waals surface area contributed by atoms with Crippen LogP contribution in [0.3, 0.4) is 0 Å². The van der Waals surface area contributed by atoms with Gasteiger partial charge in [0.2, 0.25) is 0 Å². The van der Waals surface area contributed by atoms with Gasteiger partial charge in [0, 0.05) is 19.6 Å². The maximum Gasteiger partial charge on any atom is 0.317 e. The van der Waals surface area contributed by atoms with Crippen molar-refractivity contribution in [2.45, 2.75) is 33.2 Å². The van der Waals surface area contributed by atoms with Gasteiger partial charge < -0.3 is 10.2 Å². The summed E-state index contributed by atoms with van der Waals surface area (Å²) in [6, 6.07) is 20.3. The smallest absolute Gasteiger partial charge is 0.317 e. The number of unbranched alkanes of at least 4 members (excludes halogenated alkanes) is 1. The molecule has 1 N–H and O–H groups in total. The van der Waals surface area contributed by atoms with Crippen LogP contribution in [-0.2, 0) is 6.54 Å². The minimum atomic E-state index is -0.00175. The SMILES string of the molecule is CCCCNC(=O)N(C/C(C)=C/c1ccccc1)Cc1ccccc1. The molecule has 132 valence electrons. The number of nitrogens with one attached hydrogen (secondary N) is 1. The molecular weight excluding hydrogens is 308 g/mol. The second kappa shape index (κ2) is 10.3. The Morgan fingerprint density at radius 3 is 2.32 bits per heavy atom. The first-order chi connectivity index (χ1) is 12.2. The van der Waals surface area contributed by atoms with Gasteiger partial charge in [0.1, 0.15) is 0 Å². The summed E-state index contributed by atoms with van der Waals surface area (Å²) in [4.78, 5) is 14.5. The van der Waals surface area contributed by atoms with Crippen molar-refractivity contribution in [1.82, 2.24) is 10.2 Å². The van der Waals surface area contributed by atoms with Crippen LogP contribution in [0.2, 0.25) is 0 Å². The molecule has 0 atom stereocenters. The number of urea groups is 1. The second-order valence-electron chi connectivity index (χ2n) is 6.33. The van der Waals surface area contributed by atoms with E-state index in [0.29, 0.717) is 13.1 Å². The van der Waals surface area contributed by atoms with Crippen LogP contribution in [-0.4, -0.2) is 24.0 Å². The van der Waals surface area contributed by atoms with Gasteiger partial charge >= 0.3 is 6.03 Å². The number of benzene rings is 2. The summed E-state index contributed by atoms with van der Waals surface area (Å²) in [6.07, 6.45) is 4.22. The Hall–Kier alpha value is -2.55. The van der Waals surface area contributed by atoms with Gasteiger partial charge in [-0.2, -0.15) is 0 Å². The molecule has 0 radical (unpaired) electrons. The van der Waals surface area contributed by atoms with E-state index in [1.165, 1.54) is 0 Å². The highest BCUT2D eigenvalue weighted by Gasteiger charge is 2.14. The van der Waals surface area contributed by atoms with E-state index in [0.717, 1.165) is 36.1 Å². The maximum atomic E-state index is 12.6. The topological polar surface area (TPSA) is 32.3 Å². The van der Waals surface area contributed by atoms with Gasteiger partial charge in [-0.15, -0.1) is 0 Å². The van der Waals surface area contributed by atoms with Crippen molar-refractivity contribution in [2.75, 3.05) is 13.1 Å². The highest BCUT2D eigenvalue weighted by Crippen LogP contribution is 2.11. The molecular formula is C22H28N2O. The number of hydrogen-bond donors (Lipinski definition) is 1. The Bertz CT molecular complexity index is 665. The number of rotatable bonds is 8. The molecule has 2 aromatic carbocycles. The van der Waals surface area contributed by atoms with E-state index in [4.69, 9.17) is 0 Å². The van der Waals surface area contributed by atoms with Gasteiger partial charge in [0.25, 0.3) is 0 Å². The van der Waals surface area contributed by atoms with Crippen molar-refractivity contribution in [1.29, 1.82) is 0 Å². The number of carbonyl (C=O) groups is 1. The molecule has 3 nitrogen and oxygen atoms in total. The Labute approximate surface area is 151 Å². The second-order valence-corrected chi connectivity index (χ2v) is 6.33. The highest BCUT2D eigenvalue weighted by atomic mass is 16.2. The Kier molecular flexibility index (Phi) is 7.77. The summed E-state index contributed by atoms with van der Waals surface area (Å²) >= 11 is 0. The normalized spacial score (nSPS) is 11.2. The molecule has 0 aliphatic heterocycles. The van der Waals surface area contributed by atoms with Gasteiger partial charge in [0.15, 0.2) is 0 Å². The summed E-state index contributed by atoms with van der Waals surface area (Å²) in [5.74, 6) is 0. The molecule has 2 rings (SSSR count). The summed E-state index contributed by atoms with van der Waals surface area (Å²) in [6.45, 7) is 6.15. The molecule has 0 heterocycles. The molecule has 3 heteroatoms. The standard InChI is InChI=1S/C22H28N2O/c1-3-4-15-23-22(25)24(18-21-13-9-6-10-14-21)17-19(2)16-20-11-7-5-8-12-20/h5-14,16H,3-4,15,17-18H2,1-2H3,(H,23,25)/b19-16+. The first-order valence-corrected chi connectivity index (χ1v) is 8.98. The highest BCUT2D eigenvalue weighted by molar-refractivity contribution is 5.74. The van der Waals surface area contributed by atoms with E-state index in [1.54, 1.807) is 0 Å². The lowest BCUT2D eigenvalue weighted by Gasteiger charge is -2.24. The Morgan fingerprint density at radius 2 is 1.68 bits per heavy atom. The fourth-order valence-electron chi connectivity index (χ4n) is 2.67. The third-order valence-electron chi connectivity index (χ3n) is 3.96. The third-order valence-corrected chi connectivity index (χ3v) is 3.96. The molecule has 0 saturated heterocycles. The van der Waals surface area contributed by atoms with Crippen LogP contribution >= 0.6 is 0 Å². The molecule has 2 amide bonds. The number of carbonyl (C=O) groups excluding carboxylic acids is 1. The molecule has 0 saturated carbocycles. The van der Waals surface area contributed by atoms with Crippen LogP contribution in [0.25, 0.3) is 6.08 Å². The van der Waals surface area contributed by atoms with Crippen molar-refractivity contribution in [3.05, 3.63) is 77.4 Å². The lowest BCUT2D eigenvalue weighted by Crippen LogP contribution is -2.40. The molecule has 0 unspecified atom stereocenters. The minimum absolute atomic E-state index is 0.00175. The number of amides is 2. The Balaban J connectivity index is 2.07. The van der Waals surface area contributed by atoms with E-state index in [-0.39, 0.29) is 6.03 Å². The minimum Gasteiger partial charge on any atom is -0.338 e. The molecule has 0 fully saturated rings. The summed E-state index contributed by atoms with van der Waals surface area (Å²) < 4.78 is 0. The summed E-state index contributed by atoms with van der Waals surface area (Å²) in [5, 5.41) is 3.03. The van der Waals surface area contributed by atoms with Crippen LogP contribution in [0, 0.1) is 0 Å². The van der Waals surface area contributed by atoms with E-state index < -0.39 is 0 Å². The molecule has 25 heavy (non-hydrogen) atoms. The van der Waals surface area contributed by atoms with Crippen LogP contribution in [0.1, 0.15) is 37.8 Å². The van der Waals surface area contributed by atoms with Gasteiger partial charge in [-0.25, -0.2) is 4.79 Å². The average molecular weight is 336 g/mol. The van der Waals surface area contributed by atoms with Crippen molar-refractivity contribution >= 4 is 12.1 Å². The van der Waals surface area contributed by atoms with Crippen LogP contribution in [0.4, 0.5) is 4.79 Å². The average Bonchev–Trinajstić information content (AvgIpc) is 2.63. The largest absolute Gasteiger partial charge is 0.338 e. The summed E-state index contributed by atoms with van der Waals surface area (Å²) in [7, 11) is 0. The van der Waals surface area contributed by atoms with Gasteiger partial charge in [-0.05, 0) is 24.5 Å². The predicted octanol–water partition coefficient (Wildman–Crippen LogP) is 5.10. The zero-order valence-electron chi connectivity index (χ0n) is 15.2. The maximum absolute atomic E-state index is 12.6. The van der Waals surface area contributed by atoms with Crippen molar-refractivity contribution < 1.29 is 4.79 Å². The van der Waals surface area contributed by atoms with E-state index in [2.05, 4.69) is 49.5 Å². The van der Waals surface area contributed by atoms with Crippen molar-refractivity contribution in [3.63, 3.8) is 0 Å². The predicted molar refractivity (Wildman–Crippen MR) is 105 cm³/mol. The lowest BCUT2D eigenvalue weighted by atomic mass is 10.1. The zero-order valence-corrected chi connectivity index (χ0v) is 15.2.